The molecule has 0 heterocycles. The highest BCUT2D eigenvalue weighted by Crippen LogP contribution is 2.15. The molecule has 0 N–H and O–H groups in total. The SMILES string of the molecule is CCCCCCOc1ccc(CCCCCC[O])cc1. The van der Waals surface area contributed by atoms with E-state index in [2.05, 4.69) is 31.2 Å². The molecule has 0 saturated heterocycles. The third-order valence-corrected chi connectivity index (χ3v) is 3.55. The second-order valence-corrected chi connectivity index (χ2v) is 5.42. The zero-order valence-electron chi connectivity index (χ0n) is 12.9. The molecule has 113 valence electrons. The smallest absolute Gasteiger partial charge is 0.119 e. The monoisotopic (exact) mass is 277 g/mol. The van der Waals surface area contributed by atoms with Gasteiger partial charge in [-0.3, -0.25) is 0 Å². The largest absolute Gasteiger partial charge is 0.494 e. The van der Waals surface area contributed by atoms with Gasteiger partial charge in [-0.1, -0.05) is 51.2 Å². The average Bonchev–Trinajstić information content (AvgIpc) is 2.48. The van der Waals surface area contributed by atoms with Gasteiger partial charge in [0.05, 0.1) is 13.2 Å². The normalized spacial score (nSPS) is 10.7. The number of hydrogen-bond acceptors (Lipinski definition) is 1. The van der Waals surface area contributed by atoms with Crippen molar-refractivity contribution in [2.45, 2.75) is 64.7 Å². The fraction of sp³-hybridized carbons (Fsp3) is 0.667. The summed E-state index contributed by atoms with van der Waals surface area (Å²) >= 11 is 0. The maximum Gasteiger partial charge on any atom is 0.119 e. The zero-order chi connectivity index (χ0) is 14.5. The molecular weight excluding hydrogens is 248 g/mol. The first kappa shape index (κ1) is 17.0. The number of unbranched alkanes of at least 4 members (excludes halogenated alkanes) is 6. The molecule has 2 nitrogen and oxygen atoms in total. The van der Waals surface area contributed by atoms with Crippen LogP contribution in [0.3, 0.4) is 0 Å². The van der Waals surface area contributed by atoms with Crippen LogP contribution in [0.15, 0.2) is 24.3 Å². The van der Waals surface area contributed by atoms with Gasteiger partial charge in [0.15, 0.2) is 0 Å². The summed E-state index contributed by atoms with van der Waals surface area (Å²) in [5, 5.41) is 10.3. The Morgan fingerprint density at radius 3 is 2.25 bits per heavy atom. The molecule has 0 amide bonds. The zero-order valence-corrected chi connectivity index (χ0v) is 12.9. The average molecular weight is 277 g/mol. The molecular formula is C18H29O2. The van der Waals surface area contributed by atoms with Crippen molar-refractivity contribution in [2.75, 3.05) is 13.2 Å². The lowest BCUT2D eigenvalue weighted by atomic mass is 10.1. The van der Waals surface area contributed by atoms with Gasteiger partial charge in [0.2, 0.25) is 0 Å². The molecule has 0 saturated carbocycles. The fourth-order valence-electron chi connectivity index (χ4n) is 2.26. The van der Waals surface area contributed by atoms with Gasteiger partial charge in [0, 0.05) is 0 Å². The highest BCUT2D eigenvalue weighted by Gasteiger charge is 1.97. The Balaban J connectivity index is 2.13. The third kappa shape index (κ3) is 8.21. The molecule has 0 aliphatic carbocycles. The first-order chi connectivity index (χ1) is 9.86. The molecule has 0 unspecified atom stereocenters. The van der Waals surface area contributed by atoms with Gasteiger partial charge in [-0.2, -0.15) is 0 Å². The lowest BCUT2D eigenvalue weighted by Gasteiger charge is -2.07. The Hall–Kier alpha value is -1.02. The standard InChI is InChI=1S/C18H29O2/c1-2-3-4-9-16-20-18-13-11-17(12-14-18)10-7-5-6-8-15-19/h11-14H,2-10,15-16H2,1H3. The molecule has 1 radical (unpaired) electrons. The van der Waals surface area contributed by atoms with Crippen molar-refractivity contribution in [3.05, 3.63) is 29.8 Å². The first-order valence-corrected chi connectivity index (χ1v) is 8.16. The van der Waals surface area contributed by atoms with Crippen LogP contribution >= 0.6 is 0 Å². The van der Waals surface area contributed by atoms with Crippen molar-refractivity contribution in [2.24, 2.45) is 0 Å². The summed E-state index contributed by atoms with van der Waals surface area (Å²) in [6.07, 6.45) is 10.3. The minimum Gasteiger partial charge on any atom is -0.494 e. The molecule has 1 rings (SSSR count). The van der Waals surface area contributed by atoms with Gasteiger partial charge in [0.25, 0.3) is 0 Å². The topological polar surface area (TPSA) is 29.1 Å². The number of benzene rings is 1. The summed E-state index contributed by atoms with van der Waals surface area (Å²) < 4.78 is 5.73. The van der Waals surface area contributed by atoms with Crippen molar-refractivity contribution < 1.29 is 9.84 Å². The first-order valence-electron chi connectivity index (χ1n) is 8.16. The van der Waals surface area contributed by atoms with E-state index in [1.165, 1.54) is 31.2 Å². The maximum atomic E-state index is 10.3. The number of rotatable bonds is 12. The van der Waals surface area contributed by atoms with Crippen LogP contribution in [0.2, 0.25) is 0 Å². The van der Waals surface area contributed by atoms with Crippen LogP contribution in [-0.4, -0.2) is 13.2 Å². The van der Waals surface area contributed by atoms with Crippen molar-refractivity contribution in [3.8, 4) is 5.75 Å². The lowest BCUT2D eigenvalue weighted by Crippen LogP contribution is -1.97. The van der Waals surface area contributed by atoms with Crippen LogP contribution in [0.5, 0.6) is 5.75 Å². The molecule has 1 aromatic rings. The molecule has 0 bridgehead atoms. The van der Waals surface area contributed by atoms with E-state index in [0.717, 1.165) is 44.5 Å². The van der Waals surface area contributed by atoms with Crippen LogP contribution in [0.25, 0.3) is 0 Å². The second kappa shape index (κ2) is 11.8. The summed E-state index contributed by atoms with van der Waals surface area (Å²) in [5.74, 6) is 0.983. The van der Waals surface area contributed by atoms with Crippen LogP contribution in [-0.2, 0) is 11.5 Å². The van der Waals surface area contributed by atoms with E-state index in [-0.39, 0.29) is 6.61 Å². The van der Waals surface area contributed by atoms with Gasteiger partial charge >= 0.3 is 0 Å². The Kier molecular flexibility index (Phi) is 10.0. The summed E-state index contributed by atoms with van der Waals surface area (Å²) in [6, 6.07) is 8.48. The molecule has 0 atom stereocenters. The summed E-state index contributed by atoms with van der Waals surface area (Å²) in [5.41, 5.74) is 1.37. The van der Waals surface area contributed by atoms with Crippen molar-refractivity contribution in [1.82, 2.24) is 0 Å². The molecule has 1 aromatic carbocycles. The number of ether oxygens (including phenoxy) is 1. The number of hydrogen-bond donors (Lipinski definition) is 0. The van der Waals surface area contributed by atoms with Gasteiger partial charge in [-0.05, 0) is 43.4 Å². The van der Waals surface area contributed by atoms with Gasteiger partial charge in [-0.15, -0.1) is 0 Å². The van der Waals surface area contributed by atoms with Crippen LogP contribution in [0, 0.1) is 0 Å². The molecule has 2 heteroatoms. The summed E-state index contributed by atoms with van der Waals surface area (Å²) in [7, 11) is 0. The van der Waals surface area contributed by atoms with Gasteiger partial charge in [0.1, 0.15) is 5.75 Å². The fourth-order valence-corrected chi connectivity index (χ4v) is 2.26. The van der Waals surface area contributed by atoms with E-state index >= 15 is 0 Å². The molecule has 0 aliphatic heterocycles. The van der Waals surface area contributed by atoms with E-state index in [1.807, 2.05) is 0 Å². The lowest BCUT2D eigenvalue weighted by molar-refractivity contribution is 0.186. The summed E-state index contributed by atoms with van der Waals surface area (Å²) in [6.45, 7) is 3.12. The highest BCUT2D eigenvalue weighted by molar-refractivity contribution is 5.27. The summed E-state index contributed by atoms with van der Waals surface area (Å²) in [4.78, 5) is 0. The predicted octanol–water partition coefficient (Wildman–Crippen LogP) is 5.18. The minimum absolute atomic E-state index is 0.0737. The van der Waals surface area contributed by atoms with E-state index in [4.69, 9.17) is 4.74 Å². The van der Waals surface area contributed by atoms with E-state index in [9.17, 15) is 5.11 Å². The second-order valence-electron chi connectivity index (χ2n) is 5.42. The van der Waals surface area contributed by atoms with E-state index in [1.54, 1.807) is 0 Å². The Morgan fingerprint density at radius 1 is 0.850 bits per heavy atom. The Morgan fingerprint density at radius 2 is 1.55 bits per heavy atom. The van der Waals surface area contributed by atoms with Crippen molar-refractivity contribution in [1.29, 1.82) is 0 Å². The third-order valence-electron chi connectivity index (χ3n) is 3.55. The van der Waals surface area contributed by atoms with Crippen molar-refractivity contribution in [3.63, 3.8) is 0 Å². The van der Waals surface area contributed by atoms with Crippen LogP contribution in [0.1, 0.15) is 63.9 Å². The minimum atomic E-state index is 0.0737. The maximum absolute atomic E-state index is 10.3. The quantitative estimate of drug-likeness (QED) is 0.484. The molecule has 0 aliphatic rings. The molecule has 0 aromatic heterocycles. The Bertz CT molecular complexity index is 286. The van der Waals surface area contributed by atoms with Crippen LogP contribution in [0.4, 0.5) is 0 Å². The highest BCUT2D eigenvalue weighted by atomic mass is 16.5. The number of aryl methyl sites for hydroxylation is 1. The van der Waals surface area contributed by atoms with Crippen molar-refractivity contribution >= 4 is 0 Å². The molecule has 0 spiro atoms. The molecule has 0 fully saturated rings. The van der Waals surface area contributed by atoms with E-state index < -0.39 is 0 Å². The predicted molar refractivity (Wildman–Crippen MR) is 83.8 cm³/mol. The van der Waals surface area contributed by atoms with Crippen LogP contribution < -0.4 is 4.74 Å². The molecule has 20 heavy (non-hydrogen) atoms. The van der Waals surface area contributed by atoms with E-state index in [0.29, 0.717) is 0 Å². The van der Waals surface area contributed by atoms with Gasteiger partial charge in [-0.25, -0.2) is 5.11 Å². The Labute approximate surface area is 124 Å². The van der Waals surface area contributed by atoms with Gasteiger partial charge < -0.3 is 4.74 Å².